The molecular formula is C10H14N2O4S. The van der Waals surface area contributed by atoms with E-state index in [4.69, 9.17) is 5.11 Å². The van der Waals surface area contributed by atoms with Crippen LogP contribution in [-0.4, -0.2) is 36.1 Å². The standard InChI is InChI=1S/C10H14N2O4S/c1-2-9-8(10(13)14)6-12(5-7-3-4-7)17(15,16)11-9/h6-7H,2-5H2,1H3,(H,13,14). The van der Waals surface area contributed by atoms with E-state index in [2.05, 4.69) is 4.40 Å². The molecule has 6 nitrogen and oxygen atoms in total. The molecule has 0 spiro atoms. The molecule has 0 bridgehead atoms. The van der Waals surface area contributed by atoms with Gasteiger partial charge < -0.3 is 5.11 Å². The molecule has 0 atom stereocenters. The molecule has 1 fully saturated rings. The highest BCUT2D eigenvalue weighted by Gasteiger charge is 2.33. The molecule has 1 N–H and O–H groups in total. The van der Waals surface area contributed by atoms with Crippen molar-refractivity contribution in [2.24, 2.45) is 10.3 Å². The summed E-state index contributed by atoms with van der Waals surface area (Å²) >= 11 is 0. The summed E-state index contributed by atoms with van der Waals surface area (Å²) in [7, 11) is -3.72. The Morgan fingerprint density at radius 2 is 2.24 bits per heavy atom. The Balaban J connectivity index is 2.34. The van der Waals surface area contributed by atoms with Gasteiger partial charge in [-0.2, -0.15) is 8.42 Å². The van der Waals surface area contributed by atoms with Crippen LogP contribution < -0.4 is 0 Å². The normalized spacial score (nSPS) is 23.0. The van der Waals surface area contributed by atoms with Crippen molar-refractivity contribution >= 4 is 21.9 Å². The summed E-state index contributed by atoms with van der Waals surface area (Å²) in [5.41, 5.74) is 0.0903. The highest BCUT2D eigenvalue weighted by molar-refractivity contribution is 7.88. The number of nitrogens with zero attached hydrogens (tertiary/aromatic N) is 2. The SMILES string of the molecule is CCC1=NS(=O)(=O)N(CC2CC2)C=C1C(=O)O. The zero-order valence-electron chi connectivity index (χ0n) is 9.46. The van der Waals surface area contributed by atoms with Gasteiger partial charge in [0.1, 0.15) is 0 Å². The number of rotatable bonds is 4. The van der Waals surface area contributed by atoms with Crippen LogP contribution in [0.5, 0.6) is 0 Å². The van der Waals surface area contributed by atoms with Crippen molar-refractivity contribution in [2.75, 3.05) is 6.54 Å². The molecule has 1 saturated carbocycles. The zero-order chi connectivity index (χ0) is 12.6. The average molecular weight is 258 g/mol. The predicted octanol–water partition coefficient (Wildman–Crippen LogP) is 0.776. The van der Waals surface area contributed by atoms with Crippen LogP contribution in [0.1, 0.15) is 26.2 Å². The quantitative estimate of drug-likeness (QED) is 0.807. The Morgan fingerprint density at radius 3 is 2.71 bits per heavy atom. The van der Waals surface area contributed by atoms with Gasteiger partial charge in [0.2, 0.25) is 0 Å². The van der Waals surface area contributed by atoms with Crippen LogP contribution in [0.2, 0.25) is 0 Å². The highest BCUT2D eigenvalue weighted by Crippen LogP contribution is 2.32. The number of carboxylic acids is 1. The Kier molecular flexibility index (Phi) is 2.94. The van der Waals surface area contributed by atoms with Crippen LogP contribution in [0.25, 0.3) is 0 Å². The first-order valence-corrected chi connectivity index (χ1v) is 6.90. The molecule has 0 radical (unpaired) electrons. The van der Waals surface area contributed by atoms with Crippen molar-refractivity contribution in [3.05, 3.63) is 11.8 Å². The maximum absolute atomic E-state index is 11.8. The molecule has 0 amide bonds. The summed E-state index contributed by atoms with van der Waals surface area (Å²) in [6, 6.07) is 0. The van der Waals surface area contributed by atoms with E-state index in [-0.39, 0.29) is 17.7 Å². The molecule has 0 unspecified atom stereocenters. The van der Waals surface area contributed by atoms with E-state index in [1.807, 2.05) is 0 Å². The fraction of sp³-hybridized carbons (Fsp3) is 0.600. The molecule has 0 aromatic heterocycles. The first kappa shape index (κ1) is 12.1. The van der Waals surface area contributed by atoms with Crippen LogP contribution >= 0.6 is 0 Å². The van der Waals surface area contributed by atoms with Crippen LogP contribution in [-0.2, 0) is 15.0 Å². The van der Waals surface area contributed by atoms with Crippen LogP contribution in [0, 0.1) is 5.92 Å². The van der Waals surface area contributed by atoms with Gasteiger partial charge in [0.15, 0.2) is 0 Å². The summed E-state index contributed by atoms with van der Waals surface area (Å²) in [5, 5.41) is 9.01. The molecule has 94 valence electrons. The van der Waals surface area contributed by atoms with Crippen LogP contribution in [0.4, 0.5) is 0 Å². The lowest BCUT2D eigenvalue weighted by molar-refractivity contribution is -0.132. The summed E-state index contributed by atoms with van der Waals surface area (Å²) in [6.07, 6.45) is 3.47. The van der Waals surface area contributed by atoms with Crippen molar-refractivity contribution in [2.45, 2.75) is 26.2 Å². The third kappa shape index (κ3) is 2.49. The van der Waals surface area contributed by atoms with E-state index in [1.54, 1.807) is 6.92 Å². The molecule has 0 saturated heterocycles. The molecule has 1 aliphatic heterocycles. The molecule has 1 aliphatic carbocycles. The predicted molar refractivity (Wildman–Crippen MR) is 61.8 cm³/mol. The third-order valence-corrected chi connectivity index (χ3v) is 4.10. The fourth-order valence-electron chi connectivity index (χ4n) is 1.66. The lowest BCUT2D eigenvalue weighted by atomic mass is 10.1. The highest BCUT2D eigenvalue weighted by atomic mass is 32.2. The second kappa shape index (κ2) is 4.14. The van der Waals surface area contributed by atoms with E-state index in [9.17, 15) is 13.2 Å². The summed E-state index contributed by atoms with van der Waals surface area (Å²) in [5.74, 6) is -0.796. The molecular weight excluding hydrogens is 244 g/mol. The van der Waals surface area contributed by atoms with Gasteiger partial charge in [0, 0.05) is 12.7 Å². The lowest BCUT2D eigenvalue weighted by Gasteiger charge is -2.23. The Bertz CT molecular complexity index is 502. The van der Waals surface area contributed by atoms with E-state index in [0.717, 1.165) is 17.1 Å². The average Bonchev–Trinajstić information content (AvgIpc) is 3.03. The number of aliphatic carboxylic acids is 1. The monoisotopic (exact) mass is 258 g/mol. The molecule has 0 aromatic carbocycles. The molecule has 0 aromatic rings. The van der Waals surface area contributed by atoms with Crippen LogP contribution in [0.3, 0.4) is 0 Å². The lowest BCUT2D eigenvalue weighted by Crippen LogP contribution is -2.33. The summed E-state index contributed by atoms with van der Waals surface area (Å²) in [6.45, 7) is 2.02. The summed E-state index contributed by atoms with van der Waals surface area (Å²) in [4.78, 5) is 11.0. The maximum Gasteiger partial charge on any atom is 0.344 e. The van der Waals surface area contributed by atoms with Crippen molar-refractivity contribution in [1.82, 2.24) is 4.31 Å². The molecule has 1 heterocycles. The third-order valence-electron chi connectivity index (χ3n) is 2.81. The minimum atomic E-state index is -3.72. The first-order chi connectivity index (χ1) is 7.94. The van der Waals surface area contributed by atoms with Crippen molar-refractivity contribution in [3.8, 4) is 0 Å². The second-order valence-corrected chi connectivity index (χ2v) is 5.78. The summed E-state index contributed by atoms with van der Waals surface area (Å²) < 4.78 is 28.2. The Morgan fingerprint density at radius 1 is 1.59 bits per heavy atom. The number of hydrogen-bond donors (Lipinski definition) is 1. The second-order valence-electron chi connectivity index (χ2n) is 4.23. The van der Waals surface area contributed by atoms with E-state index < -0.39 is 16.2 Å². The van der Waals surface area contributed by atoms with Gasteiger partial charge in [-0.05, 0) is 25.2 Å². The van der Waals surface area contributed by atoms with Gasteiger partial charge in [-0.15, -0.1) is 4.40 Å². The number of hydrogen-bond acceptors (Lipinski definition) is 3. The van der Waals surface area contributed by atoms with Gasteiger partial charge in [-0.1, -0.05) is 6.92 Å². The Labute approximate surface area is 99.8 Å². The largest absolute Gasteiger partial charge is 0.478 e. The smallest absolute Gasteiger partial charge is 0.344 e. The van der Waals surface area contributed by atoms with E-state index >= 15 is 0 Å². The number of carboxylic acid groups (broad SMARTS) is 1. The molecule has 2 aliphatic rings. The Hall–Kier alpha value is -1.37. The first-order valence-electron chi connectivity index (χ1n) is 5.50. The molecule has 2 rings (SSSR count). The minimum Gasteiger partial charge on any atom is -0.478 e. The topological polar surface area (TPSA) is 87.0 Å². The minimum absolute atomic E-state index is 0.0250. The van der Waals surface area contributed by atoms with Gasteiger partial charge in [0.05, 0.1) is 11.3 Å². The fourth-order valence-corrected chi connectivity index (χ4v) is 2.91. The van der Waals surface area contributed by atoms with Crippen LogP contribution in [0.15, 0.2) is 16.2 Å². The molecule has 17 heavy (non-hydrogen) atoms. The maximum atomic E-state index is 11.8. The van der Waals surface area contributed by atoms with E-state index in [1.165, 1.54) is 6.20 Å². The van der Waals surface area contributed by atoms with Crippen molar-refractivity contribution in [3.63, 3.8) is 0 Å². The van der Waals surface area contributed by atoms with Gasteiger partial charge >= 0.3 is 16.2 Å². The van der Waals surface area contributed by atoms with Gasteiger partial charge in [0.25, 0.3) is 0 Å². The molecule has 7 heteroatoms. The zero-order valence-corrected chi connectivity index (χ0v) is 10.3. The van der Waals surface area contributed by atoms with E-state index in [0.29, 0.717) is 12.5 Å². The van der Waals surface area contributed by atoms with Crippen molar-refractivity contribution in [1.29, 1.82) is 0 Å². The van der Waals surface area contributed by atoms with Gasteiger partial charge in [-0.25, -0.2) is 4.79 Å². The van der Waals surface area contributed by atoms with Crippen molar-refractivity contribution < 1.29 is 18.3 Å². The number of carbonyl (C=O) groups is 1. The van der Waals surface area contributed by atoms with Gasteiger partial charge in [-0.3, -0.25) is 4.31 Å².